The van der Waals surface area contributed by atoms with Crippen molar-refractivity contribution in [1.29, 1.82) is 0 Å². The standard InChI is InChI=1S/C20H26N4O2S.ClH/c1-2-13-27(25,26)15-23-18-7-3-16(4-8-18)14-17-5-9-19(10-6-17)24-20-21-11-12-22-20;/h3-10,23H,2,11-15H2,1H3,(H2,21,22,24);1H. The van der Waals surface area contributed by atoms with Crippen LogP contribution in [-0.4, -0.2) is 39.1 Å². The molecule has 0 aliphatic carbocycles. The largest absolute Gasteiger partial charge is 0.372 e. The molecule has 0 atom stereocenters. The van der Waals surface area contributed by atoms with Crippen LogP contribution in [-0.2, 0) is 16.3 Å². The third kappa shape index (κ3) is 6.73. The number of guanidine groups is 1. The van der Waals surface area contributed by atoms with Crippen molar-refractivity contribution in [3.8, 4) is 0 Å². The molecule has 0 unspecified atom stereocenters. The molecular formula is C20H27ClN4O2S. The van der Waals surface area contributed by atoms with E-state index in [1.807, 2.05) is 43.3 Å². The second-order valence-corrected chi connectivity index (χ2v) is 8.81. The van der Waals surface area contributed by atoms with Crippen molar-refractivity contribution in [3.63, 3.8) is 0 Å². The minimum atomic E-state index is -3.03. The van der Waals surface area contributed by atoms with Gasteiger partial charge in [-0.25, -0.2) is 8.42 Å². The van der Waals surface area contributed by atoms with Crippen LogP contribution in [0.4, 0.5) is 11.4 Å². The molecule has 8 heteroatoms. The van der Waals surface area contributed by atoms with Crippen molar-refractivity contribution in [3.05, 3.63) is 59.7 Å². The first-order chi connectivity index (χ1) is 13.0. The van der Waals surface area contributed by atoms with Gasteiger partial charge in [0.25, 0.3) is 0 Å². The van der Waals surface area contributed by atoms with Crippen LogP contribution in [0, 0.1) is 0 Å². The Labute approximate surface area is 173 Å². The summed E-state index contributed by atoms with van der Waals surface area (Å²) in [4.78, 5) is 4.32. The lowest BCUT2D eigenvalue weighted by Gasteiger charge is -2.09. The van der Waals surface area contributed by atoms with Gasteiger partial charge < -0.3 is 16.0 Å². The molecule has 1 aliphatic rings. The molecule has 0 radical (unpaired) electrons. The first-order valence-electron chi connectivity index (χ1n) is 9.21. The zero-order chi connectivity index (χ0) is 19.1. The molecule has 152 valence electrons. The SMILES string of the molecule is CCCS(=O)(=O)CNc1ccc(Cc2ccc(NC3=NCCN3)cc2)cc1.Cl. The van der Waals surface area contributed by atoms with Crippen LogP contribution >= 0.6 is 12.4 Å². The van der Waals surface area contributed by atoms with Crippen molar-refractivity contribution >= 4 is 39.6 Å². The molecule has 0 saturated heterocycles. The van der Waals surface area contributed by atoms with E-state index in [1.165, 1.54) is 11.1 Å². The topological polar surface area (TPSA) is 82.6 Å². The summed E-state index contributed by atoms with van der Waals surface area (Å²) in [6, 6.07) is 16.2. The van der Waals surface area contributed by atoms with Crippen LogP contribution in [0.1, 0.15) is 24.5 Å². The minimum Gasteiger partial charge on any atom is -0.372 e. The first-order valence-corrected chi connectivity index (χ1v) is 11.0. The van der Waals surface area contributed by atoms with Gasteiger partial charge in [0.15, 0.2) is 15.8 Å². The molecule has 2 aromatic carbocycles. The highest BCUT2D eigenvalue weighted by atomic mass is 35.5. The predicted octanol–water partition coefficient (Wildman–Crippen LogP) is 3.26. The van der Waals surface area contributed by atoms with E-state index in [0.29, 0.717) is 6.42 Å². The van der Waals surface area contributed by atoms with Gasteiger partial charge in [-0.15, -0.1) is 12.4 Å². The van der Waals surface area contributed by atoms with Crippen LogP contribution in [0.15, 0.2) is 53.5 Å². The Bertz CT molecular complexity index is 881. The zero-order valence-corrected chi connectivity index (χ0v) is 17.6. The smallest absolute Gasteiger partial charge is 0.195 e. The van der Waals surface area contributed by atoms with E-state index in [2.05, 4.69) is 33.1 Å². The fourth-order valence-electron chi connectivity index (χ4n) is 2.88. The quantitative estimate of drug-likeness (QED) is 0.608. The molecule has 0 bridgehead atoms. The van der Waals surface area contributed by atoms with Gasteiger partial charge in [0.1, 0.15) is 5.88 Å². The van der Waals surface area contributed by atoms with Crippen molar-refractivity contribution in [2.24, 2.45) is 4.99 Å². The summed E-state index contributed by atoms with van der Waals surface area (Å²) >= 11 is 0. The summed E-state index contributed by atoms with van der Waals surface area (Å²) in [7, 11) is -3.03. The third-order valence-electron chi connectivity index (χ3n) is 4.26. The summed E-state index contributed by atoms with van der Waals surface area (Å²) in [6.07, 6.45) is 1.47. The van der Waals surface area contributed by atoms with Gasteiger partial charge in [-0.2, -0.15) is 0 Å². The van der Waals surface area contributed by atoms with Gasteiger partial charge in [-0.05, 0) is 48.2 Å². The molecule has 0 amide bonds. The molecular weight excluding hydrogens is 396 g/mol. The molecule has 1 heterocycles. The number of nitrogens with one attached hydrogen (secondary N) is 3. The summed E-state index contributed by atoms with van der Waals surface area (Å²) in [5.74, 6) is 1.02. The van der Waals surface area contributed by atoms with Crippen LogP contribution in [0.5, 0.6) is 0 Å². The van der Waals surface area contributed by atoms with Crippen molar-refractivity contribution in [2.75, 3.05) is 35.4 Å². The maximum Gasteiger partial charge on any atom is 0.195 e. The van der Waals surface area contributed by atoms with E-state index >= 15 is 0 Å². The third-order valence-corrected chi connectivity index (χ3v) is 5.88. The number of hydrogen-bond donors (Lipinski definition) is 3. The van der Waals surface area contributed by atoms with Gasteiger partial charge in [-0.1, -0.05) is 31.2 Å². The average Bonchev–Trinajstić information content (AvgIpc) is 3.16. The van der Waals surface area contributed by atoms with E-state index in [9.17, 15) is 8.42 Å². The average molecular weight is 423 g/mol. The number of rotatable bonds is 8. The number of hydrogen-bond acceptors (Lipinski definition) is 6. The molecule has 0 aromatic heterocycles. The summed E-state index contributed by atoms with van der Waals surface area (Å²) < 4.78 is 23.5. The fraction of sp³-hybridized carbons (Fsp3) is 0.350. The van der Waals surface area contributed by atoms with E-state index in [4.69, 9.17) is 0 Å². The van der Waals surface area contributed by atoms with E-state index in [0.717, 1.165) is 36.8 Å². The number of nitrogens with zero attached hydrogens (tertiary/aromatic N) is 1. The predicted molar refractivity (Wildman–Crippen MR) is 119 cm³/mol. The molecule has 0 spiro atoms. The normalized spacial score (nSPS) is 13.2. The first kappa shape index (κ1) is 22.0. The summed E-state index contributed by atoms with van der Waals surface area (Å²) in [5, 5.41) is 9.43. The fourth-order valence-corrected chi connectivity index (χ4v) is 4.03. The molecule has 28 heavy (non-hydrogen) atoms. The van der Waals surface area contributed by atoms with Crippen LogP contribution in [0.2, 0.25) is 0 Å². The maximum absolute atomic E-state index is 11.8. The van der Waals surface area contributed by atoms with Gasteiger partial charge in [0.05, 0.1) is 12.3 Å². The lowest BCUT2D eigenvalue weighted by atomic mass is 10.0. The highest BCUT2D eigenvalue weighted by Crippen LogP contribution is 2.16. The van der Waals surface area contributed by atoms with Gasteiger partial charge in [-0.3, -0.25) is 4.99 Å². The Morgan fingerprint density at radius 1 is 1.00 bits per heavy atom. The molecule has 3 rings (SSSR count). The van der Waals surface area contributed by atoms with Crippen LogP contribution in [0.3, 0.4) is 0 Å². The maximum atomic E-state index is 11.8. The zero-order valence-electron chi connectivity index (χ0n) is 15.9. The summed E-state index contributed by atoms with van der Waals surface area (Å²) in [5.41, 5.74) is 4.23. The number of halogens is 1. The lowest BCUT2D eigenvalue weighted by molar-refractivity contribution is 0.596. The number of aliphatic imine (C=N–C) groups is 1. The van der Waals surface area contributed by atoms with E-state index in [-0.39, 0.29) is 24.0 Å². The molecule has 0 fully saturated rings. The molecule has 6 nitrogen and oxygen atoms in total. The number of benzene rings is 2. The van der Waals surface area contributed by atoms with E-state index < -0.39 is 9.84 Å². The van der Waals surface area contributed by atoms with Crippen molar-refractivity contribution < 1.29 is 8.42 Å². The number of sulfone groups is 1. The number of anilines is 2. The molecule has 1 aliphatic heterocycles. The molecule has 3 N–H and O–H groups in total. The van der Waals surface area contributed by atoms with Crippen molar-refractivity contribution in [2.45, 2.75) is 19.8 Å². The molecule has 2 aromatic rings. The van der Waals surface area contributed by atoms with Gasteiger partial charge in [0, 0.05) is 17.9 Å². The Hall–Kier alpha value is -2.25. The second-order valence-electron chi connectivity index (χ2n) is 6.62. The van der Waals surface area contributed by atoms with Crippen LogP contribution < -0.4 is 16.0 Å². The lowest BCUT2D eigenvalue weighted by Crippen LogP contribution is -2.26. The highest BCUT2D eigenvalue weighted by molar-refractivity contribution is 7.91. The second kappa shape index (κ2) is 10.3. The summed E-state index contributed by atoms with van der Waals surface area (Å²) in [6.45, 7) is 3.57. The monoisotopic (exact) mass is 422 g/mol. The Balaban J connectivity index is 0.00000280. The van der Waals surface area contributed by atoms with Gasteiger partial charge in [0.2, 0.25) is 0 Å². The minimum absolute atomic E-state index is 0. The van der Waals surface area contributed by atoms with E-state index in [1.54, 1.807) is 0 Å². The Morgan fingerprint density at radius 3 is 2.14 bits per heavy atom. The Morgan fingerprint density at radius 2 is 1.61 bits per heavy atom. The van der Waals surface area contributed by atoms with Gasteiger partial charge >= 0.3 is 0 Å². The Kier molecular flexibility index (Phi) is 8.14. The highest BCUT2D eigenvalue weighted by Gasteiger charge is 2.08. The van der Waals surface area contributed by atoms with Crippen molar-refractivity contribution in [1.82, 2.24) is 5.32 Å². The molecule has 0 saturated carbocycles. The van der Waals surface area contributed by atoms with Crippen LogP contribution in [0.25, 0.3) is 0 Å².